The molecule has 43 heavy (non-hydrogen) atoms. The molecular formula is C28H27BrF3N5O6. The first kappa shape index (κ1) is 31.0. The lowest BCUT2D eigenvalue weighted by molar-refractivity contribution is -0.211. The van der Waals surface area contributed by atoms with E-state index in [1.807, 2.05) is 6.07 Å². The number of hydrogen-bond donors (Lipinski definition) is 3. The minimum atomic E-state index is -1.69. The Morgan fingerprint density at radius 2 is 2.00 bits per heavy atom. The number of carbonyl (C=O) groups is 1. The Morgan fingerprint density at radius 1 is 1.23 bits per heavy atom. The van der Waals surface area contributed by atoms with Gasteiger partial charge in [-0.05, 0) is 49.6 Å². The summed E-state index contributed by atoms with van der Waals surface area (Å²) >= 11 is 3.36. The van der Waals surface area contributed by atoms with Crippen LogP contribution in [0.25, 0.3) is 11.3 Å². The Kier molecular flexibility index (Phi) is 9.16. The predicted molar refractivity (Wildman–Crippen MR) is 147 cm³/mol. The fourth-order valence-corrected chi connectivity index (χ4v) is 6.23. The number of nitrogens with zero attached hydrogens (tertiary/aromatic N) is 5. The van der Waals surface area contributed by atoms with E-state index >= 15 is 0 Å². The number of hydrogen-bond acceptors (Lipinski definition) is 9. The summed E-state index contributed by atoms with van der Waals surface area (Å²) < 4.78 is 55.1. The maximum Gasteiger partial charge on any atom is 0.259 e. The van der Waals surface area contributed by atoms with Crippen LogP contribution in [0.1, 0.15) is 30.9 Å². The topological polar surface area (TPSA) is 154 Å². The highest BCUT2D eigenvalue weighted by molar-refractivity contribution is 9.10. The lowest BCUT2D eigenvalue weighted by Crippen LogP contribution is -2.62. The molecule has 7 atom stereocenters. The van der Waals surface area contributed by atoms with Crippen molar-refractivity contribution in [1.82, 2.24) is 15.0 Å². The number of nitriles is 1. The SMILES string of the molecule is COC1C(C(=O)N(c2cc(Br)cc(C#N)c2)[C@H]2CCC[C@@H]2O)OC(CO)C(O)C1n1cc(-c2ccc(F)c(F)c2F)nn1. The van der Waals surface area contributed by atoms with Crippen molar-refractivity contribution >= 4 is 27.5 Å². The van der Waals surface area contributed by atoms with Crippen LogP contribution in [-0.2, 0) is 14.3 Å². The van der Waals surface area contributed by atoms with E-state index in [4.69, 9.17) is 9.47 Å². The highest BCUT2D eigenvalue weighted by Crippen LogP contribution is 2.37. The van der Waals surface area contributed by atoms with Gasteiger partial charge in [0.15, 0.2) is 23.6 Å². The van der Waals surface area contributed by atoms with E-state index < -0.39 is 78.1 Å². The van der Waals surface area contributed by atoms with Crippen molar-refractivity contribution in [2.75, 3.05) is 18.6 Å². The molecule has 228 valence electrons. The molecule has 1 aromatic heterocycles. The Balaban J connectivity index is 1.56. The second-order valence-corrected chi connectivity index (χ2v) is 11.3. The Labute approximate surface area is 252 Å². The lowest BCUT2D eigenvalue weighted by atomic mass is 9.91. The normalized spacial score (nSPS) is 27.2. The molecule has 1 saturated heterocycles. The Hall–Kier alpha value is -3.39. The van der Waals surface area contributed by atoms with Gasteiger partial charge in [0, 0.05) is 22.8 Å². The number of amides is 1. The first-order valence-corrected chi connectivity index (χ1v) is 14.1. The molecule has 2 aliphatic rings. The van der Waals surface area contributed by atoms with E-state index in [1.54, 1.807) is 12.1 Å². The van der Waals surface area contributed by atoms with Crippen LogP contribution in [0.2, 0.25) is 0 Å². The van der Waals surface area contributed by atoms with Gasteiger partial charge in [-0.1, -0.05) is 21.1 Å². The average molecular weight is 666 g/mol. The van der Waals surface area contributed by atoms with Gasteiger partial charge in [0.1, 0.15) is 30.0 Å². The molecule has 3 aromatic rings. The van der Waals surface area contributed by atoms with Crippen LogP contribution in [0.3, 0.4) is 0 Å². The summed E-state index contributed by atoms with van der Waals surface area (Å²) in [5.41, 5.74) is -0.0253. The molecule has 2 fully saturated rings. The third-order valence-electron chi connectivity index (χ3n) is 7.81. The van der Waals surface area contributed by atoms with Gasteiger partial charge in [-0.2, -0.15) is 5.26 Å². The second-order valence-electron chi connectivity index (χ2n) is 10.3. The van der Waals surface area contributed by atoms with E-state index in [-0.39, 0.29) is 11.3 Å². The Bertz CT molecular complexity index is 1550. The number of aliphatic hydroxyl groups is 3. The lowest BCUT2D eigenvalue weighted by Gasteiger charge is -2.45. The Morgan fingerprint density at radius 3 is 2.65 bits per heavy atom. The molecule has 0 radical (unpaired) electrons. The zero-order valence-corrected chi connectivity index (χ0v) is 24.2. The molecule has 1 saturated carbocycles. The molecule has 2 aromatic carbocycles. The van der Waals surface area contributed by atoms with Gasteiger partial charge in [0.05, 0.1) is 36.6 Å². The molecule has 1 aliphatic carbocycles. The van der Waals surface area contributed by atoms with Gasteiger partial charge in [-0.25, -0.2) is 17.9 Å². The molecule has 2 heterocycles. The van der Waals surface area contributed by atoms with Crippen molar-refractivity contribution in [3.05, 3.63) is 64.0 Å². The molecule has 15 heteroatoms. The van der Waals surface area contributed by atoms with E-state index in [0.717, 1.165) is 16.8 Å². The smallest absolute Gasteiger partial charge is 0.259 e. The molecule has 1 aliphatic heterocycles. The standard InChI is InChI=1S/C28H27BrF3N5O6/c1-42-26-24(36-11-18(34-35-36)16-5-6-17(30)23(32)22(16)31)25(40)21(12-38)43-27(26)28(41)37(19-3-2-4-20(19)39)15-8-13(10-33)7-14(29)9-15/h5-9,11,19-21,24-27,38-40H,2-4,12H2,1H3/t19-,20-,21?,24?,25?,26?,27?/m0/s1. The maximum absolute atomic E-state index is 14.5. The molecule has 5 rings (SSSR count). The van der Waals surface area contributed by atoms with E-state index in [9.17, 15) is 38.5 Å². The van der Waals surface area contributed by atoms with E-state index in [2.05, 4.69) is 26.2 Å². The van der Waals surface area contributed by atoms with Gasteiger partial charge < -0.3 is 29.7 Å². The number of halogens is 4. The molecule has 3 N–H and O–H groups in total. The molecule has 1 amide bonds. The molecule has 0 bridgehead atoms. The fourth-order valence-electron chi connectivity index (χ4n) is 5.75. The van der Waals surface area contributed by atoms with Crippen molar-refractivity contribution < 1.29 is 42.8 Å². The van der Waals surface area contributed by atoms with Crippen molar-refractivity contribution in [2.24, 2.45) is 0 Å². The number of aromatic nitrogens is 3. The monoisotopic (exact) mass is 665 g/mol. The van der Waals surface area contributed by atoms with Crippen molar-refractivity contribution in [3.8, 4) is 17.3 Å². The molecule has 0 spiro atoms. The summed E-state index contributed by atoms with van der Waals surface area (Å²) in [5.74, 6) is -5.24. The number of aliphatic hydroxyl groups excluding tert-OH is 3. The molecule has 11 nitrogen and oxygen atoms in total. The van der Waals surface area contributed by atoms with Crippen LogP contribution in [-0.4, -0.2) is 86.5 Å². The third kappa shape index (κ3) is 5.78. The number of carbonyl (C=O) groups excluding carboxylic acids is 1. The summed E-state index contributed by atoms with van der Waals surface area (Å²) in [7, 11) is 1.27. The highest BCUT2D eigenvalue weighted by Gasteiger charge is 2.52. The fraction of sp³-hybridized carbons (Fsp3) is 0.429. The average Bonchev–Trinajstić information content (AvgIpc) is 3.64. The van der Waals surface area contributed by atoms with Gasteiger partial charge in [0.25, 0.3) is 5.91 Å². The summed E-state index contributed by atoms with van der Waals surface area (Å²) in [6.07, 6.45) is -3.74. The van der Waals surface area contributed by atoms with Gasteiger partial charge in [0.2, 0.25) is 0 Å². The zero-order valence-electron chi connectivity index (χ0n) is 22.6. The van der Waals surface area contributed by atoms with Crippen molar-refractivity contribution in [1.29, 1.82) is 5.26 Å². The van der Waals surface area contributed by atoms with Crippen LogP contribution >= 0.6 is 15.9 Å². The van der Waals surface area contributed by atoms with E-state index in [0.29, 0.717) is 29.4 Å². The third-order valence-corrected chi connectivity index (χ3v) is 8.27. The molecular weight excluding hydrogens is 639 g/mol. The zero-order chi connectivity index (χ0) is 31.0. The van der Waals surface area contributed by atoms with Crippen LogP contribution < -0.4 is 4.90 Å². The van der Waals surface area contributed by atoms with Gasteiger partial charge in [-0.15, -0.1) is 5.10 Å². The van der Waals surface area contributed by atoms with Crippen LogP contribution in [0.15, 0.2) is 41.0 Å². The summed E-state index contributed by atoms with van der Waals surface area (Å²) in [6, 6.07) is 6.52. The number of benzene rings is 2. The number of ether oxygens (including phenoxy) is 2. The summed E-state index contributed by atoms with van der Waals surface area (Å²) in [4.78, 5) is 15.7. The maximum atomic E-state index is 14.5. The van der Waals surface area contributed by atoms with Gasteiger partial charge in [-0.3, -0.25) is 4.79 Å². The van der Waals surface area contributed by atoms with Crippen LogP contribution in [0, 0.1) is 28.8 Å². The van der Waals surface area contributed by atoms with Gasteiger partial charge >= 0.3 is 0 Å². The van der Waals surface area contributed by atoms with Crippen LogP contribution in [0.5, 0.6) is 0 Å². The van der Waals surface area contributed by atoms with E-state index in [1.165, 1.54) is 24.3 Å². The van der Waals surface area contributed by atoms with Crippen molar-refractivity contribution in [3.63, 3.8) is 0 Å². The summed E-state index contributed by atoms with van der Waals surface area (Å²) in [6.45, 7) is -0.710. The predicted octanol–water partition coefficient (Wildman–Crippen LogP) is 2.62. The van der Waals surface area contributed by atoms with Crippen LogP contribution in [0.4, 0.5) is 18.9 Å². The van der Waals surface area contributed by atoms with Crippen molar-refractivity contribution in [2.45, 2.75) is 61.9 Å². The number of methoxy groups -OCH3 is 1. The number of anilines is 1. The number of rotatable bonds is 7. The first-order valence-electron chi connectivity index (χ1n) is 13.3. The minimum Gasteiger partial charge on any atom is -0.394 e. The first-order chi connectivity index (χ1) is 20.6. The largest absolute Gasteiger partial charge is 0.394 e. The minimum absolute atomic E-state index is 0.192. The summed E-state index contributed by atoms with van der Waals surface area (Å²) in [5, 5.41) is 49.4. The quantitative estimate of drug-likeness (QED) is 0.323. The highest BCUT2D eigenvalue weighted by atomic mass is 79.9. The second kappa shape index (κ2) is 12.7. The molecule has 5 unspecified atom stereocenters.